The molecule has 0 unspecified atom stereocenters. The van der Waals surface area contributed by atoms with E-state index in [0.717, 1.165) is 0 Å². The quantitative estimate of drug-likeness (QED) is 0.405. The van der Waals surface area contributed by atoms with Gasteiger partial charge in [-0.2, -0.15) is 0 Å². The average Bonchev–Trinajstić information content (AvgIpc) is 2.29. The lowest BCUT2D eigenvalue weighted by atomic mass is 10.2. The van der Waals surface area contributed by atoms with Gasteiger partial charge in [0, 0.05) is 0 Å². The molecule has 3 N–H and O–H groups in total. The standard InChI is InChI=1S/C7H5NO2.CH2O2/c9-6-4-2-1-3-5(6)8-7(4)10;2-1-3/h1-3,9H,(H,8,10);1H,(H,2,3). The van der Waals surface area contributed by atoms with Gasteiger partial charge in [0.25, 0.3) is 12.4 Å². The van der Waals surface area contributed by atoms with Crippen molar-refractivity contribution in [3.63, 3.8) is 0 Å². The molecule has 0 aliphatic carbocycles. The fraction of sp³-hybridized carbons (Fsp3) is 0. The first-order valence-electron chi connectivity index (χ1n) is 3.42. The molecule has 1 aliphatic rings. The van der Waals surface area contributed by atoms with Gasteiger partial charge in [0.2, 0.25) is 0 Å². The molecule has 0 spiro atoms. The molecule has 2 rings (SSSR count). The Morgan fingerprint density at radius 1 is 1.38 bits per heavy atom. The summed E-state index contributed by atoms with van der Waals surface area (Å²) in [7, 11) is 0. The second-order valence-corrected chi connectivity index (χ2v) is 2.26. The molecule has 1 aromatic rings. The first-order chi connectivity index (χ1) is 6.20. The normalized spacial score (nSPS) is 11.2. The Morgan fingerprint density at radius 2 is 2.00 bits per heavy atom. The van der Waals surface area contributed by atoms with Crippen molar-refractivity contribution >= 4 is 18.1 Å². The number of hydrogen-bond donors (Lipinski definition) is 3. The molecule has 1 amide bonds. The van der Waals surface area contributed by atoms with Crippen molar-refractivity contribution in [3.8, 4) is 5.75 Å². The van der Waals surface area contributed by atoms with Crippen molar-refractivity contribution in [2.24, 2.45) is 0 Å². The zero-order valence-corrected chi connectivity index (χ0v) is 6.52. The van der Waals surface area contributed by atoms with Crippen LogP contribution in [-0.4, -0.2) is 22.6 Å². The van der Waals surface area contributed by atoms with Gasteiger partial charge in [-0.25, -0.2) is 0 Å². The Labute approximate surface area is 73.6 Å². The minimum Gasteiger partial charge on any atom is -0.505 e. The number of carbonyl (C=O) groups excluding carboxylic acids is 1. The fourth-order valence-electron chi connectivity index (χ4n) is 1.02. The fourth-order valence-corrected chi connectivity index (χ4v) is 1.02. The predicted molar refractivity (Wildman–Crippen MR) is 44.8 cm³/mol. The number of benzene rings is 1. The van der Waals surface area contributed by atoms with Gasteiger partial charge in [-0.15, -0.1) is 0 Å². The van der Waals surface area contributed by atoms with E-state index in [1.54, 1.807) is 18.2 Å². The molecular weight excluding hydrogens is 174 g/mol. The van der Waals surface area contributed by atoms with Crippen molar-refractivity contribution < 1.29 is 19.8 Å². The van der Waals surface area contributed by atoms with E-state index in [4.69, 9.17) is 15.0 Å². The summed E-state index contributed by atoms with van der Waals surface area (Å²) in [4.78, 5) is 19.2. The lowest BCUT2D eigenvalue weighted by Gasteiger charge is -1.90. The first-order valence-corrected chi connectivity index (χ1v) is 3.42. The third-order valence-electron chi connectivity index (χ3n) is 1.53. The van der Waals surface area contributed by atoms with E-state index in [1.807, 2.05) is 0 Å². The maximum absolute atomic E-state index is 10.8. The number of anilines is 1. The van der Waals surface area contributed by atoms with Crippen molar-refractivity contribution in [1.29, 1.82) is 0 Å². The number of para-hydroxylation sites is 1. The summed E-state index contributed by atoms with van der Waals surface area (Å²) in [6.45, 7) is -0.250. The maximum atomic E-state index is 10.8. The minimum absolute atomic E-state index is 0.0625. The van der Waals surface area contributed by atoms with E-state index < -0.39 is 0 Å². The molecule has 5 heteroatoms. The second kappa shape index (κ2) is 3.57. The number of carbonyl (C=O) groups is 2. The number of amides is 1. The van der Waals surface area contributed by atoms with Gasteiger partial charge in [0.15, 0.2) is 5.75 Å². The van der Waals surface area contributed by atoms with Crippen LogP contribution in [0.3, 0.4) is 0 Å². The zero-order chi connectivity index (χ0) is 9.84. The number of nitrogens with one attached hydrogen (secondary N) is 1. The highest BCUT2D eigenvalue weighted by Gasteiger charge is 2.21. The van der Waals surface area contributed by atoms with Crippen LogP contribution >= 0.6 is 0 Å². The van der Waals surface area contributed by atoms with Crippen LogP contribution < -0.4 is 5.32 Å². The summed E-state index contributed by atoms with van der Waals surface area (Å²) in [5.41, 5.74) is 0.861. The molecule has 68 valence electrons. The molecule has 0 fully saturated rings. The summed E-state index contributed by atoms with van der Waals surface area (Å²) in [6.07, 6.45) is 0. The van der Waals surface area contributed by atoms with Crippen molar-refractivity contribution in [1.82, 2.24) is 0 Å². The topological polar surface area (TPSA) is 86.6 Å². The van der Waals surface area contributed by atoms with Crippen LogP contribution in [-0.2, 0) is 4.79 Å². The molecule has 0 saturated heterocycles. The number of aromatic hydroxyl groups is 1. The van der Waals surface area contributed by atoms with E-state index in [-0.39, 0.29) is 18.1 Å². The number of hydrogen-bond acceptors (Lipinski definition) is 3. The van der Waals surface area contributed by atoms with Crippen LogP contribution in [0.1, 0.15) is 10.4 Å². The number of carboxylic acid groups (broad SMARTS) is 1. The van der Waals surface area contributed by atoms with Gasteiger partial charge in [-0.1, -0.05) is 6.07 Å². The number of rotatable bonds is 0. The van der Waals surface area contributed by atoms with E-state index in [2.05, 4.69) is 5.32 Å². The predicted octanol–water partition coefficient (Wildman–Crippen LogP) is 0.659. The maximum Gasteiger partial charge on any atom is 0.290 e. The van der Waals surface area contributed by atoms with Crippen LogP contribution in [0.4, 0.5) is 5.69 Å². The molecule has 5 nitrogen and oxygen atoms in total. The molecule has 1 heterocycles. The van der Waals surface area contributed by atoms with Crippen LogP contribution in [0.2, 0.25) is 0 Å². The smallest absolute Gasteiger partial charge is 0.290 e. The SMILES string of the molecule is O=C1Nc2cccc1c2O.O=CO. The number of phenolic OH excluding ortho intramolecular Hbond substituents is 1. The first kappa shape index (κ1) is 9.05. The Morgan fingerprint density at radius 3 is 2.46 bits per heavy atom. The molecule has 0 aromatic heterocycles. The molecule has 0 atom stereocenters. The van der Waals surface area contributed by atoms with E-state index in [1.165, 1.54) is 0 Å². The van der Waals surface area contributed by atoms with Gasteiger partial charge in [0.1, 0.15) is 0 Å². The van der Waals surface area contributed by atoms with Crippen LogP contribution in [0.15, 0.2) is 18.2 Å². The summed E-state index contributed by atoms with van der Waals surface area (Å²) < 4.78 is 0. The third kappa shape index (κ3) is 1.58. The Balaban J connectivity index is 0.000000251. The third-order valence-corrected chi connectivity index (χ3v) is 1.53. The van der Waals surface area contributed by atoms with Gasteiger partial charge in [-0.05, 0) is 12.1 Å². The summed E-state index contributed by atoms with van der Waals surface area (Å²) in [5, 5.41) is 18.5. The van der Waals surface area contributed by atoms with E-state index >= 15 is 0 Å². The zero-order valence-electron chi connectivity index (χ0n) is 6.52. The molecule has 1 aliphatic heterocycles. The van der Waals surface area contributed by atoms with Gasteiger partial charge in [-0.3, -0.25) is 9.59 Å². The van der Waals surface area contributed by atoms with Crippen molar-refractivity contribution in [3.05, 3.63) is 23.8 Å². The van der Waals surface area contributed by atoms with Gasteiger partial charge >= 0.3 is 0 Å². The summed E-state index contributed by atoms with van der Waals surface area (Å²) in [6, 6.07) is 4.97. The molecule has 13 heavy (non-hydrogen) atoms. The highest BCUT2D eigenvalue weighted by Crippen LogP contribution is 2.33. The second-order valence-electron chi connectivity index (χ2n) is 2.26. The molecular formula is C8H7NO4. The Hall–Kier alpha value is -2.04. The van der Waals surface area contributed by atoms with Crippen molar-refractivity contribution in [2.75, 3.05) is 5.32 Å². The molecule has 2 bridgehead atoms. The summed E-state index contributed by atoms with van der Waals surface area (Å²) in [5.74, 6) is -0.162. The Bertz CT molecular complexity index is 348. The van der Waals surface area contributed by atoms with Crippen molar-refractivity contribution in [2.45, 2.75) is 0 Å². The van der Waals surface area contributed by atoms with Gasteiger partial charge in [0.05, 0.1) is 11.3 Å². The molecule has 1 aromatic carbocycles. The number of phenols is 1. The largest absolute Gasteiger partial charge is 0.505 e. The van der Waals surface area contributed by atoms with Gasteiger partial charge < -0.3 is 15.5 Å². The number of fused-ring (bicyclic) bond motifs is 2. The summed E-state index contributed by atoms with van der Waals surface area (Å²) >= 11 is 0. The highest BCUT2D eigenvalue weighted by molar-refractivity contribution is 6.13. The monoisotopic (exact) mass is 181 g/mol. The highest BCUT2D eigenvalue weighted by atomic mass is 16.3. The van der Waals surface area contributed by atoms with E-state index in [9.17, 15) is 4.79 Å². The van der Waals surface area contributed by atoms with Crippen LogP contribution in [0.5, 0.6) is 5.75 Å². The van der Waals surface area contributed by atoms with Crippen LogP contribution in [0, 0.1) is 0 Å². The van der Waals surface area contributed by atoms with Crippen LogP contribution in [0.25, 0.3) is 0 Å². The average molecular weight is 181 g/mol. The lowest BCUT2D eigenvalue weighted by molar-refractivity contribution is -0.122. The molecule has 0 saturated carbocycles. The lowest BCUT2D eigenvalue weighted by Crippen LogP contribution is -2.02. The Kier molecular flexibility index (Phi) is 2.49. The minimum atomic E-state index is -0.250. The molecule has 0 radical (unpaired) electrons. The van der Waals surface area contributed by atoms with E-state index in [0.29, 0.717) is 11.3 Å².